The second kappa shape index (κ2) is 14.7. The summed E-state index contributed by atoms with van der Waals surface area (Å²) in [7, 11) is -4.05. The summed E-state index contributed by atoms with van der Waals surface area (Å²) >= 11 is 0.933. The molecule has 3 aliphatic heterocycles. The maximum atomic E-state index is 13.4. The fraction of sp³-hybridized carbons (Fsp3) is 0.516. The average Bonchev–Trinajstić information content (AvgIpc) is 3.34. The minimum Gasteiger partial charge on any atom is -0.459 e. The van der Waals surface area contributed by atoms with Crippen molar-refractivity contribution in [3.05, 3.63) is 66.3 Å². The zero-order valence-corrected chi connectivity index (χ0v) is 26.1. The van der Waals surface area contributed by atoms with Crippen LogP contribution in [0.2, 0.25) is 0 Å². The number of amides is 1. The minimum atomic E-state index is -4.05. The highest BCUT2D eigenvalue weighted by Gasteiger charge is 2.56. The van der Waals surface area contributed by atoms with Gasteiger partial charge in [-0.05, 0) is 50.7 Å². The van der Waals surface area contributed by atoms with Gasteiger partial charge in [0, 0.05) is 18.2 Å². The van der Waals surface area contributed by atoms with E-state index in [0.29, 0.717) is 25.7 Å². The normalized spacial score (nSPS) is 31.9. The van der Waals surface area contributed by atoms with Gasteiger partial charge in [-0.25, -0.2) is 13.2 Å². The smallest absolute Gasteiger partial charge is 0.330 e. The van der Waals surface area contributed by atoms with Crippen molar-refractivity contribution in [2.24, 2.45) is 5.92 Å². The Morgan fingerprint density at radius 1 is 1.16 bits per heavy atom. The molecule has 0 saturated carbocycles. The zero-order chi connectivity index (χ0) is 31.0. The first-order valence-electron chi connectivity index (χ1n) is 14.4. The lowest BCUT2D eigenvalue weighted by Crippen LogP contribution is -2.62. The van der Waals surface area contributed by atoms with Crippen LogP contribution in [0.1, 0.15) is 52.4 Å². The lowest BCUT2D eigenvalue weighted by atomic mass is 9.89. The van der Waals surface area contributed by atoms with Crippen molar-refractivity contribution in [3.8, 4) is 0 Å². The van der Waals surface area contributed by atoms with Crippen LogP contribution in [0.15, 0.2) is 71.2 Å². The number of carbonyl (C=O) groups excluding carboxylic acids is 3. The number of sulfone groups is 1. The van der Waals surface area contributed by atoms with E-state index in [9.17, 15) is 27.9 Å². The molecular weight excluding hydrogens is 594 g/mol. The lowest BCUT2D eigenvalue weighted by molar-refractivity contribution is -0.302. The molecule has 2 saturated heterocycles. The molecule has 1 aromatic carbocycles. The largest absolute Gasteiger partial charge is 0.459 e. The van der Waals surface area contributed by atoms with Crippen LogP contribution in [-0.4, -0.2) is 77.9 Å². The highest BCUT2D eigenvalue weighted by Crippen LogP contribution is 2.43. The number of hydrogen-bond acceptors (Lipinski definition) is 10. The Hall–Kier alpha value is -2.93. The number of nitrogens with zero attached hydrogens (tertiary/aromatic N) is 1. The molecule has 1 amide bonds. The number of ether oxygens (including phenoxy) is 3. The number of fused-ring (bicyclic) bond motifs is 2. The second-order valence-corrected chi connectivity index (χ2v) is 14.2. The number of carbonyl (C=O) groups is 3. The van der Waals surface area contributed by atoms with Crippen molar-refractivity contribution >= 4 is 38.8 Å². The van der Waals surface area contributed by atoms with Gasteiger partial charge in [-0.1, -0.05) is 66.8 Å². The number of rotatable bonds is 6. The molecule has 0 spiro atoms. The molecular formula is C31H39NO9S2. The Balaban J connectivity index is 1.68. The van der Waals surface area contributed by atoms with E-state index in [1.807, 2.05) is 25.2 Å². The van der Waals surface area contributed by atoms with Gasteiger partial charge in [-0.3, -0.25) is 14.5 Å². The fourth-order valence-corrected chi connectivity index (χ4v) is 7.70. The predicted octanol–water partition coefficient (Wildman–Crippen LogP) is 4.55. The molecule has 3 heterocycles. The van der Waals surface area contributed by atoms with Crippen LogP contribution in [0.3, 0.4) is 0 Å². The van der Waals surface area contributed by atoms with Crippen LogP contribution in [0, 0.1) is 5.92 Å². The molecule has 1 N–H and O–H groups in total. The molecule has 0 unspecified atom stereocenters. The number of thioether (sulfide) groups is 1. The molecule has 43 heavy (non-hydrogen) atoms. The second-order valence-electron chi connectivity index (χ2n) is 11.2. The SMILES string of the molecule is C/C1=C/C(=O)O[C@@H]2C[C@@H](CC[C@H](C)/C=C\C=C\CC1)O[C@@](OC(=O)CS(=O)(=O)c1ccccc1)([C@@H]1CSC(=O)N1CO)C2. The van der Waals surface area contributed by atoms with Crippen molar-refractivity contribution in [3.63, 3.8) is 0 Å². The molecule has 1 aromatic rings. The van der Waals surface area contributed by atoms with E-state index in [-0.39, 0.29) is 23.0 Å². The number of aliphatic hydroxyl groups is 1. The highest BCUT2D eigenvalue weighted by atomic mass is 32.2. The summed E-state index contributed by atoms with van der Waals surface area (Å²) in [5.74, 6) is -4.12. The van der Waals surface area contributed by atoms with Crippen LogP contribution in [0.5, 0.6) is 0 Å². The Labute approximate surface area is 257 Å². The standard InChI is InChI=1S/C31H39NO9S2/c1-22-10-6-3-4-7-11-23(2)16-28(34)39-25-17-24(15-14-22)40-31(18-25,27-19-42-30(36)32(27)21-33)41-29(35)20-43(37,38)26-12-8-5-9-13-26/h3-6,8-10,12-13,16,22,24-25,27,33H,7,11,14-15,17-21H2,1-2H3/b4-3+,10-6-,23-16-/t22-,24-,25-,27+,31+/m1/s1. The Kier molecular flexibility index (Phi) is 11.3. The number of allylic oxidation sites excluding steroid dienone is 5. The van der Waals surface area contributed by atoms with Crippen molar-refractivity contribution in [2.75, 3.05) is 18.2 Å². The van der Waals surface area contributed by atoms with Gasteiger partial charge in [0.2, 0.25) is 5.79 Å². The van der Waals surface area contributed by atoms with Crippen LogP contribution < -0.4 is 0 Å². The van der Waals surface area contributed by atoms with E-state index in [0.717, 1.165) is 28.7 Å². The van der Waals surface area contributed by atoms with Gasteiger partial charge in [0.25, 0.3) is 5.24 Å². The van der Waals surface area contributed by atoms with Crippen molar-refractivity contribution < 1.29 is 42.1 Å². The zero-order valence-electron chi connectivity index (χ0n) is 24.4. The quantitative estimate of drug-likeness (QED) is 0.445. The van der Waals surface area contributed by atoms with Crippen molar-refractivity contribution in [1.29, 1.82) is 0 Å². The summed E-state index contributed by atoms with van der Waals surface area (Å²) in [5, 5.41) is 9.65. The maximum Gasteiger partial charge on any atom is 0.330 e. The Morgan fingerprint density at radius 3 is 2.67 bits per heavy atom. The predicted molar refractivity (Wildman–Crippen MR) is 162 cm³/mol. The van der Waals surface area contributed by atoms with Gasteiger partial charge >= 0.3 is 11.9 Å². The molecule has 0 aromatic heterocycles. The first-order valence-corrected chi connectivity index (χ1v) is 17.1. The monoisotopic (exact) mass is 633 g/mol. The molecule has 12 heteroatoms. The van der Waals surface area contributed by atoms with Gasteiger partial charge < -0.3 is 19.3 Å². The average molecular weight is 634 g/mol. The van der Waals surface area contributed by atoms with E-state index < -0.39 is 63.5 Å². The first-order chi connectivity index (χ1) is 20.5. The lowest BCUT2D eigenvalue weighted by Gasteiger charge is -2.47. The van der Waals surface area contributed by atoms with Crippen molar-refractivity contribution in [1.82, 2.24) is 4.90 Å². The summed E-state index contributed by atoms with van der Waals surface area (Å²) in [4.78, 5) is 40.1. The summed E-state index contributed by atoms with van der Waals surface area (Å²) in [5.41, 5.74) is 0.843. The molecule has 2 fully saturated rings. The van der Waals surface area contributed by atoms with Gasteiger partial charge in [0.05, 0.1) is 17.4 Å². The van der Waals surface area contributed by atoms with Crippen molar-refractivity contribution in [2.45, 2.75) is 81.3 Å². The topological polar surface area (TPSA) is 137 Å². The number of esters is 2. The molecule has 234 valence electrons. The van der Waals surface area contributed by atoms with E-state index in [1.165, 1.54) is 18.2 Å². The minimum absolute atomic E-state index is 0.0361. The third kappa shape index (κ3) is 8.81. The molecule has 2 bridgehead atoms. The molecule has 10 nitrogen and oxygen atoms in total. The Bertz CT molecular complexity index is 1360. The third-order valence-corrected chi connectivity index (χ3v) is 10.3. The van der Waals surface area contributed by atoms with Crippen LogP contribution in [0.25, 0.3) is 0 Å². The van der Waals surface area contributed by atoms with E-state index in [1.54, 1.807) is 18.2 Å². The van der Waals surface area contributed by atoms with Gasteiger partial charge in [0.15, 0.2) is 15.6 Å². The highest BCUT2D eigenvalue weighted by molar-refractivity contribution is 8.13. The number of hydrogen-bond donors (Lipinski definition) is 1. The fourth-order valence-electron chi connectivity index (χ4n) is 5.50. The van der Waals surface area contributed by atoms with Gasteiger partial charge in [-0.15, -0.1) is 0 Å². The summed E-state index contributed by atoms with van der Waals surface area (Å²) in [6.07, 6.45) is 11.1. The molecule has 4 rings (SSSR count). The van der Waals surface area contributed by atoms with Crippen LogP contribution in [-0.2, 0) is 33.6 Å². The first kappa shape index (κ1) is 33.0. The van der Waals surface area contributed by atoms with Crippen LogP contribution in [0.4, 0.5) is 4.79 Å². The third-order valence-electron chi connectivity index (χ3n) is 7.72. The van der Waals surface area contributed by atoms with Gasteiger partial charge in [0.1, 0.15) is 18.9 Å². The molecule has 0 aliphatic carbocycles. The molecule has 3 aliphatic rings. The summed E-state index contributed by atoms with van der Waals surface area (Å²) in [6.45, 7) is 3.26. The Morgan fingerprint density at radius 2 is 1.93 bits per heavy atom. The van der Waals surface area contributed by atoms with Gasteiger partial charge in [-0.2, -0.15) is 0 Å². The molecule has 5 atom stereocenters. The maximum absolute atomic E-state index is 13.4. The van der Waals surface area contributed by atoms with E-state index >= 15 is 0 Å². The molecule has 0 radical (unpaired) electrons. The number of aliphatic hydroxyl groups excluding tert-OH is 1. The summed E-state index contributed by atoms with van der Waals surface area (Å²) in [6, 6.07) is 6.62. The summed E-state index contributed by atoms with van der Waals surface area (Å²) < 4.78 is 44.4. The van der Waals surface area contributed by atoms with E-state index in [4.69, 9.17) is 14.2 Å². The van der Waals surface area contributed by atoms with Crippen LogP contribution >= 0.6 is 11.8 Å². The van der Waals surface area contributed by atoms with E-state index in [2.05, 4.69) is 13.0 Å². The number of benzene rings is 1.